The molecule has 1 N–H and O–H groups in total. The van der Waals surface area contributed by atoms with Crippen molar-refractivity contribution in [1.29, 1.82) is 0 Å². The summed E-state index contributed by atoms with van der Waals surface area (Å²) in [5, 5.41) is 6.97. The number of carbonyl (C=O) groups is 1. The molecule has 0 bridgehead atoms. The van der Waals surface area contributed by atoms with Crippen LogP contribution in [0, 0.1) is 0 Å². The lowest BCUT2D eigenvalue weighted by atomic mass is 10.2. The fourth-order valence-corrected chi connectivity index (χ4v) is 1.89. The smallest absolute Gasteiger partial charge is 0.254 e. The molecule has 0 spiro atoms. The molecule has 0 saturated heterocycles. The van der Waals surface area contributed by atoms with Gasteiger partial charge in [-0.05, 0) is 19.8 Å². The lowest BCUT2D eigenvalue weighted by Gasteiger charge is -2.08. The highest BCUT2D eigenvalue weighted by Crippen LogP contribution is 2.09. The van der Waals surface area contributed by atoms with Crippen LogP contribution in [0.5, 0.6) is 0 Å². The van der Waals surface area contributed by atoms with Gasteiger partial charge in [-0.2, -0.15) is 10.1 Å². The molecular formula is C13H17N5O. The Hall–Kier alpha value is -2.24. The summed E-state index contributed by atoms with van der Waals surface area (Å²) in [6.45, 7) is 4.55. The summed E-state index contributed by atoms with van der Waals surface area (Å²) >= 11 is 0. The Kier molecular flexibility index (Phi) is 4.22. The summed E-state index contributed by atoms with van der Waals surface area (Å²) in [6, 6.07) is 0. The van der Waals surface area contributed by atoms with Crippen molar-refractivity contribution in [3.63, 3.8) is 0 Å². The molecule has 1 amide bonds. The quantitative estimate of drug-likeness (QED) is 0.650. The van der Waals surface area contributed by atoms with Crippen molar-refractivity contribution in [2.24, 2.45) is 0 Å². The van der Waals surface area contributed by atoms with Crippen LogP contribution in [0.25, 0.3) is 5.78 Å². The second-order valence-corrected chi connectivity index (χ2v) is 4.06. The topological polar surface area (TPSA) is 72.2 Å². The number of fused-ring (bicyclic) bond motifs is 1. The second kappa shape index (κ2) is 6.08. The van der Waals surface area contributed by atoms with Gasteiger partial charge in [-0.25, -0.2) is 9.50 Å². The van der Waals surface area contributed by atoms with E-state index in [0.29, 0.717) is 24.3 Å². The molecular weight excluding hydrogens is 242 g/mol. The Morgan fingerprint density at radius 3 is 3.05 bits per heavy atom. The van der Waals surface area contributed by atoms with Crippen molar-refractivity contribution in [2.75, 3.05) is 6.54 Å². The van der Waals surface area contributed by atoms with E-state index in [-0.39, 0.29) is 5.91 Å². The van der Waals surface area contributed by atoms with Gasteiger partial charge in [-0.1, -0.05) is 19.1 Å². The van der Waals surface area contributed by atoms with Crippen molar-refractivity contribution in [2.45, 2.75) is 26.7 Å². The van der Waals surface area contributed by atoms with Gasteiger partial charge in [0.05, 0.1) is 11.3 Å². The standard InChI is InChI=1S/C13H17N5O/c1-3-5-6-7-14-12(19)10-8-15-13-16-9-17-18(13)11(10)4-2/h3,5,8-9H,4,6-7H2,1-2H3,(H,14,19)/b5-3+. The van der Waals surface area contributed by atoms with Gasteiger partial charge in [0.15, 0.2) is 0 Å². The molecule has 0 unspecified atom stereocenters. The fourth-order valence-electron chi connectivity index (χ4n) is 1.89. The zero-order valence-electron chi connectivity index (χ0n) is 11.1. The molecule has 0 atom stereocenters. The molecule has 0 aliphatic rings. The Balaban J connectivity index is 2.21. The van der Waals surface area contributed by atoms with E-state index >= 15 is 0 Å². The third-order valence-corrected chi connectivity index (χ3v) is 2.82. The minimum Gasteiger partial charge on any atom is -0.352 e. The Bertz CT molecular complexity index is 602. The van der Waals surface area contributed by atoms with Gasteiger partial charge in [0, 0.05) is 12.7 Å². The number of aromatic nitrogens is 4. The number of nitrogens with one attached hydrogen (secondary N) is 1. The largest absolute Gasteiger partial charge is 0.352 e. The number of amides is 1. The molecule has 2 aromatic heterocycles. The number of hydrogen-bond acceptors (Lipinski definition) is 4. The monoisotopic (exact) mass is 259 g/mol. The average molecular weight is 259 g/mol. The maximum Gasteiger partial charge on any atom is 0.254 e. The number of hydrogen-bond donors (Lipinski definition) is 1. The highest BCUT2D eigenvalue weighted by Gasteiger charge is 2.14. The highest BCUT2D eigenvalue weighted by atomic mass is 16.1. The molecule has 0 radical (unpaired) electrons. The van der Waals surface area contributed by atoms with Gasteiger partial charge in [0.1, 0.15) is 6.33 Å². The van der Waals surface area contributed by atoms with Crippen LogP contribution in [0.3, 0.4) is 0 Å². The van der Waals surface area contributed by atoms with Gasteiger partial charge in [0.2, 0.25) is 0 Å². The maximum atomic E-state index is 12.1. The summed E-state index contributed by atoms with van der Waals surface area (Å²) < 4.78 is 1.61. The van der Waals surface area contributed by atoms with Gasteiger partial charge >= 0.3 is 0 Å². The molecule has 2 heterocycles. The first-order valence-corrected chi connectivity index (χ1v) is 6.34. The van der Waals surface area contributed by atoms with E-state index in [4.69, 9.17) is 0 Å². The van der Waals surface area contributed by atoms with Crippen LogP contribution >= 0.6 is 0 Å². The maximum absolute atomic E-state index is 12.1. The highest BCUT2D eigenvalue weighted by molar-refractivity contribution is 5.95. The van der Waals surface area contributed by atoms with Crippen LogP contribution in [0.2, 0.25) is 0 Å². The van der Waals surface area contributed by atoms with Crippen molar-refractivity contribution in [3.8, 4) is 0 Å². The molecule has 2 rings (SSSR count). The van der Waals surface area contributed by atoms with E-state index in [1.54, 1.807) is 10.7 Å². The van der Waals surface area contributed by atoms with Crippen molar-refractivity contribution >= 4 is 11.7 Å². The minimum atomic E-state index is -0.119. The first-order valence-electron chi connectivity index (χ1n) is 6.34. The van der Waals surface area contributed by atoms with E-state index in [1.165, 1.54) is 6.33 Å². The van der Waals surface area contributed by atoms with Crippen LogP contribution < -0.4 is 5.32 Å². The predicted molar refractivity (Wildman–Crippen MR) is 71.9 cm³/mol. The van der Waals surface area contributed by atoms with Crippen LogP contribution in [0.4, 0.5) is 0 Å². The second-order valence-electron chi connectivity index (χ2n) is 4.06. The van der Waals surface area contributed by atoms with E-state index in [9.17, 15) is 4.79 Å². The number of rotatable bonds is 5. The van der Waals surface area contributed by atoms with Crippen molar-refractivity contribution in [3.05, 3.63) is 35.9 Å². The van der Waals surface area contributed by atoms with Crippen LogP contribution in [-0.2, 0) is 6.42 Å². The average Bonchev–Trinajstić information content (AvgIpc) is 2.90. The van der Waals surface area contributed by atoms with E-state index in [1.807, 2.05) is 26.0 Å². The van der Waals surface area contributed by atoms with E-state index in [0.717, 1.165) is 12.1 Å². The van der Waals surface area contributed by atoms with Crippen molar-refractivity contribution in [1.82, 2.24) is 24.9 Å². The van der Waals surface area contributed by atoms with E-state index in [2.05, 4.69) is 20.4 Å². The lowest BCUT2D eigenvalue weighted by Crippen LogP contribution is -2.26. The molecule has 0 saturated carbocycles. The zero-order valence-corrected chi connectivity index (χ0v) is 11.1. The van der Waals surface area contributed by atoms with Crippen LogP contribution in [0.1, 0.15) is 36.3 Å². The number of nitrogens with zero attached hydrogens (tertiary/aromatic N) is 4. The number of allylic oxidation sites excluding steroid dienone is 1. The van der Waals surface area contributed by atoms with Gasteiger partial charge < -0.3 is 5.32 Å². The SMILES string of the molecule is C/C=C/CCNC(=O)c1cnc2ncnn2c1CC. The fraction of sp³-hybridized carbons (Fsp3) is 0.385. The molecule has 6 nitrogen and oxygen atoms in total. The Labute approximate surface area is 111 Å². The van der Waals surface area contributed by atoms with Gasteiger partial charge in [0.25, 0.3) is 11.7 Å². The summed E-state index contributed by atoms with van der Waals surface area (Å²) in [7, 11) is 0. The molecule has 0 aliphatic heterocycles. The van der Waals surface area contributed by atoms with Crippen LogP contribution in [-0.4, -0.2) is 32.0 Å². The molecule has 0 fully saturated rings. The molecule has 0 aromatic carbocycles. The molecule has 0 aliphatic carbocycles. The third-order valence-electron chi connectivity index (χ3n) is 2.82. The first-order chi connectivity index (χ1) is 9.27. The van der Waals surface area contributed by atoms with Crippen LogP contribution in [0.15, 0.2) is 24.7 Å². The minimum absolute atomic E-state index is 0.119. The summed E-state index contributed by atoms with van der Waals surface area (Å²) in [5.74, 6) is 0.397. The molecule has 2 aromatic rings. The predicted octanol–water partition coefficient (Wildman–Crippen LogP) is 1.38. The Morgan fingerprint density at radius 2 is 2.32 bits per heavy atom. The van der Waals surface area contributed by atoms with Gasteiger partial charge in [-0.15, -0.1) is 0 Å². The summed E-state index contributed by atoms with van der Waals surface area (Å²) in [6.07, 6.45) is 8.50. The number of carbonyl (C=O) groups excluding carboxylic acids is 1. The molecule has 100 valence electrons. The van der Waals surface area contributed by atoms with Crippen molar-refractivity contribution < 1.29 is 4.79 Å². The van der Waals surface area contributed by atoms with E-state index < -0.39 is 0 Å². The third kappa shape index (κ3) is 2.78. The first kappa shape index (κ1) is 13.2. The summed E-state index contributed by atoms with van der Waals surface area (Å²) in [5.41, 5.74) is 1.38. The summed E-state index contributed by atoms with van der Waals surface area (Å²) in [4.78, 5) is 20.3. The van der Waals surface area contributed by atoms with Gasteiger partial charge in [-0.3, -0.25) is 4.79 Å². The number of aryl methyl sites for hydroxylation is 1. The zero-order chi connectivity index (χ0) is 13.7. The molecule has 6 heteroatoms. The normalized spacial score (nSPS) is 11.3. The Morgan fingerprint density at radius 1 is 1.47 bits per heavy atom. The lowest BCUT2D eigenvalue weighted by molar-refractivity contribution is 0.0952. The molecule has 19 heavy (non-hydrogen) atoms.